The van der Waals surface area contributed by atoms with Gasteiger partial charge in [0.15, 0.2) is 0 Å². The number of hydrogen-bond acceptors (Lipinski definition) is 3. The van der Waals surface area contributed by atoms with Crippen LogP contribution in [-0.4, -0.2) is 33.0 Å². The maximum atomic E-state index is 12.8. The summed E-state index contributed by atoms with van der Waals surface area (Å²) >= 11 is 0. The van der Waals surface area contributed by atoms with E-state index in [1.807, 2.05) is 24.3 Å². The lowest BCUT2D eigenvalue weighted by Gasteiger charge is -2.23. The zero-order valence-electron chi connectivity index (χ0n) is 18.5. The predicted molar refractivity (Wildman–Crippen MR) is 128 cm³/mol. The molecule has 1 fully saturated rings. The fraction of sp³-hybridized carbons (Fsp3) is 0.500. The second-order valence-corrected chi connectivity index (χ2v) is 10.5. The molecule has 0 saturated carbocycles. The molecular weight excluding hydrogens is 416 g/mol. The van der Waals surface area contributed by atoms with Gasteiger partial charge in [0.25, 0.3) is 10.0 Å². The molecule has 0 spiro atoms. The van der Waals surface area contributed by atoms with Gasteiger partial charge in [-0.05, 0) is 79.1 Å². The fourth-order valence-corrected chi connectivity index (χ4v) is 5.01. The molecule has 1 unspecified atom stereocenters. The van der Waals surface area contributed by atoms with Gasteiger partial charge < -0.3 is 4.90 Å². The summed E-state index contributed by atoms with van der Waals surface area (Å²) < 4.78 is 28.3. The van der Waals surface area contributed by atoms with E-state index in [0.717, 1.165) is 31.6 Å². The number of hydrogen-bond donors (Lipinski definition) is 1. The number of nitrogens with zero attached hydrogens (tertiary/aromatic N) is 1. The van der Waals surface area contributed by atoms with Gasteiger partial charge in [-0.25, -0.2) is 8.42 Å². The van der Waals surface area contributed by atoms with E-state index in [-0.39, 0.29) is 17.8 Å². The van der Waals surface area contributed by atoms with Gasteiger partial charge in [-0.3, -0.25) is 4.72 Å². The molecule has 1 N–H and O–H groups in total. The van der Waals surface area contributed by atoms with Gasteiger partial charge in [0.05, 0.1) is 4.90 Å². The van der Waals surface area contributed by atoms with E-state index in [1.165, 1.54) is 18.4 Å². The Labute approximate surface area is 188 Å². The molecule has 0 aliphatic carbocycles. The molecule has 3 rings (SSSR count). The minimum atomic E-state index is -3.59. The molecule has 1 saturated heterocycles. The molecule has 0 amide bonds. The molecule has 0 bridgehead atoms. The highest BCUT2D eigenvalue weighted by molar-refractivity contribution is 7.92. The van der Waals surface area contributed by atoms with Crippen molar-refractivity contribution in [3.8, 4) is 0 Å². The Hall–Kier alpha value is -1.56. The number of anilines is 1. The highest BCUT2D eigenvalue weighted by atomic mass is 35.5. The van der Waals surface area contributed by atoms with E-state index in [1.54, 1.807) is 12.1 Å². The molecule has 1 atom stereocenters. The maximum Gasteiger partial charge on any atom is 0.261 e. The van der Waals surface area contributed by atoms with Gasteiger partial charge in [-0.2, -0.15) is 0 Å². The summed E-state index contributed by atoms with van der Waals surface area (Å²) in [6, 6.07) is 15.1. The van der Waals surface area contributed by atoms with Gasteiger partial charge in [0.1, 0.15) is 0 Å². The highest BCUT2D eigenvalue weighted by Crippen LogP contribution is 2.30. The molecule has 2 aromatic rings. The van der Waals surface area contributed by atoms with E-state index in [0.29, 0.717) is 16.5 Å². The summed E-state index contributed by atoms with van der Waals surface area (Å²) in [7, 11) is -3.59. The standard InChI is InChI=1S/C24H34N2O2S.ClH/c1-5-16-26-17-15-20(18-26)19-7-11-22(12-8-19)25-29(27,28)23-13-9-21(10-14-23)24(3,4)6-2;/h7-14,20,25H,5-6,15-18H2,1-4H3;1H. The Morgan fingerprint density at radius 2 is 1.67 bits per heavy atom. The van der Waals surface area contributed by atoms with Crippen molar-refractivity contribution in [1.29, 1.82) is 0 Å². The predicted octanol–water partition coefficient (Wildman–Crippen LogP) is 5.80. The average Bonchev–Trinajstić information content (AvgIpc) is 3.17. The molecule has 2 aromatic carbocycles. The highest BCUT2D eigenvalue weighted by Gasteiger charge is 2.23. The summed E-state index contributed by atoms with van der Waals surface area (Å²) in [4.78, 5) is 2.80. The second-order valence-electron chi connectivity index (χ2n) is 8.78. The maximum absolute atomic E-state index is 12.8. The van der Waals surface area contributed by atoms with Crippen molar-refractivity contribution in [3.05, 3.63) is 59.7 Å². The van der Waals surface area contributed by atoms with Crippen molar-refractivity contribution in [1.82, 2.24) is 4.90 Å². The molecule has 1 heterocycles. The molecule has 1 aliphatic rings. The van der Waals surface area contributed by atoms with E-state index in [9.17, 15) is 8.42 Å². The summed E-state index contributed by atoms with van der Waals surface area (Å²) in [6.45, 7) is 12.1. The third kappa shape index (κ3) is 5.77. The van der Waals surface area contributed by atoms with Gasteiger partial charge in [-0.15, -0.1) is 12.4 Å². The van der Waals surface area contributed by atoms with Crippen LogP contribution in [0.5, 0.6) is 0 Å². The van der Waals surface area contributed by atoms with Crippen molar-refractivity contribution in [2.45, 2.75) is 63.2 Å². The summed E-state index contributed by atoms with van der Waals surface area (Å²) in [5.41, 5.74) is 3.09. The molecule has 1 aliphatic heterocycles. The van der Waals surface area contributed by atoms with Gasteiger partial charge in [0, 0.05) is 12.2 Å². The SMILES string of the molecule is CCCN1CCC(c2ccc(NS(=O)(=O)c3ccc(C(C)(C)CC)cc3)cc2)C1.Cl. The van der Waals surface area contributed by atoms with Crippen LogP contribution in [0.3, 0.4) is 0 Å². The van der Waals surface area contributed by atoms with Crippen LogP contribution in [0.15, 0.2) is 53.4 Å². The van der Waals surface area contributed by atoms with E-state index in [2.05, 4.69) is 49.4 Å². The summed E-state index contributed by atoms with van der Waals surface area (Å²) in [6.07, 6.45) is 3.36. The van der Waals surface area contributed by atoms with E-state index < -0.39 is 10.0 Å². The molecule has 0 radical (unpaired) electrons. The molecular formula is C24H35ClN2O2S. The lowest BCUT2D eigenvalue weighted by atomic mass is 9.82. The van der Waals surface area contributed by atoms with Crippen molar-refractivity contribution >= 4 is 28.1 Å². The van der Waals surface area contributed by atoms with Crippen LogP contribution in [0, 0.1) is 0 Å². The van der Waals surface area contributed by atoms with Gasteiger partial charge in [0.2, 0.25) is 0 Å². The van der Waals surface area contributed by atoms with Gasteiger partial charge in [-0.1, -0.05) is 52.0 Å². The van der Waals surface area contributed by atoms with Gasteiger partial charge >= 0.3 is 0 Å². The number of sulfonamides is 1. The molecule has 6 heteroatoms. The van der Waals surface area contributed by atoms with Crippen LogP contribution in [0.1, 0.15) is 64.0 Å². The number of rotatable bonds is 8. The Morgan fingerprint density at radius 3 is 2.23 bits per heavy atom. The van der Waals surface area contributed by atoms with Crippen molar-refractivity contribution in [2.24, 2.45) is 0 Å². The molecule has 0 aromatic heterocycles. The lowest BCUT2D eigenvalue weighted by molar-refractivity contribution is 0.335. The summed E-state index contributed by atoms with van der Waals surface area (Å²) in [5, 5.41) is 0. The topological polar surface area (TPSA) is 49.4 Å². The minimum Gasteiger partial charge on any atom is -0.303 e. The van der Waals surface area contributed by atoms with Crippen LogP contribution < -0.4 is 4.72 Å². The molecule has 166 valence electrons. The van der Waals surface area contributed by atoms with E-state index in [4.69, 9.17) is 0 Å². The lowest BCUT2D eigenvalue weighted by Crippen LogP contribution is -2.20. The smallest absolute Gasteiger partial charge is 0.261 e. The van der Waals surface area contributed by atoms with Crippen molar-refractivity contribution in [2.75, 3.05) is 24.4 Å². The Bertz CT molecular complexity index is 909. The zero-order valence-corrected chi connectivity index (χ0v) is 20.2. The second kappa shape index (κ2) is 10.2. The van der Waals surface area contributed by atoms with Crippen molar-refractivity contribution in [3.63, 3.8) is 0 Å². The normalized spacial score (nSPS) is 17.5. The first-order valence-electron chi connectivity index (χ1n) is 10.7. The quantitative estimate of drug-likeness (QED) is 0.553. The van der Waals surface area contributed by atoms with Crippen molar-refractivity contribution < 1.29 is 8.42 Å². The van der Waals surface area contributed by atoms with Crippen LogP contribution in [0.25, 0.3) is 0 Å². The number of nitrogens with one attached hydrogen (secondary N) is 1. The third-order valence-corrected chi connectivity index (χ3v) is 7.67. The first kappa shape index (κ1) is 24.7. The summed E-state index contributed by atoms with van der Waals surface area (Å²) in [5.74, 6) is 0.543. The number of benzene rings is 2. The average molecular weight is 451 g/mol. The van der Waals surface area contributed by atoms with E-state index >= 15 is 0 Å². The third-order valence-electron chi connectivity index (χ3n) is 6.28. The largest absolute Gasteiger partial charge is 0.303 e. The monoisotopic (exact) mass is 450 g/mol. The fourth-order valence-electron chi connectivity index (χ4n) is 3.95. The zero-order chi connectivity index (χ0) is 21.1. The van der Waals surface area contributed by atoms with Crippen LogP contribution >= 0.6 is 12.4 Å². The Balaban J connectivity index is 0.00000320. The molecule has 4 nitrogen and oxygen atoms in total. The number of likely N-dealkylation sites (tertiary alicyclic amines) is 1. The number of halogens is 1. The molecule has 30 heavy (non-hydrogen) atoms. The van der Waals surface area contributed by atoms with Crippen LogP contribution in [0.4, 0.5) is 5.69 Å². The Morgan fingerprint density at radius 1 is 1.03 bits per heavy atom. The Kier molecular flexibility index (Phi) is 8.37. The van der Waals surface area contributed by atoms with Crippen LogP contribution in [-0.2, 0) is 15.4 Å². The van der Waals surface area contributed by atoms with Crippen LogP contribution in [0.2, 0.25) is 0 Å². The first-order valence-corrected chi connectivity index (χ1v) is 12.2. The minimum absolute atomic E-state index is 0. The first-order chi connectivity index (χ1) is 13.7.